The van der Waals surface area contributed by atoms with E-state index in [1.807, 2.05) is 48.5 Å². The van der Waals surface area contributed by atoms with Gasteiger partial charge in [-0.15, -0.1) is 6.42 Å². The first-order chi connectivity index (χ1) is 10.7. The Labute approximate surface area is 129 Å². The SMILES string of the molecule is C#Cc1cccc(C2NC(=O)OC2c2cccc(OC)c2)c1. The molecule has 0 spiro atoms. The molecule has 0 aromatic heterocycles. The molecule has 4 nitrogen and oxygen atoms in total. The minimum atomic E-state index is -0.441. The summed E-state index contributed by atoms with van der Waals surface area (Å²) in [4.78, 5) is 11.7. The molecule has 4 heteroatoms. The molecule has 1 aliphatic heterocycles. The van der Waals surface area contributed by atoms with Crippen molar-refractivity contribution in [3.8, 4) is 18.1 Å². The van der Waals surface area contributed by atoms with Gasteiger partial charge in [-0.25, -0.2) is 4.79 Å². The number of benzene rings is 2. The molecule has 2 aromatic rings. The Morgan fingerprint density at radius 2 is 1.95 bits per heavy atom. The first-order valence-electron chi connectivity index (χ1n) is 6.89. The highest BCUT2D eigenvalue weighted by atomic mass is 16.6. The predicted octanol–water partition coefficient (Wildman–Crippen LogP) is 3.20. The van der Waals surface area contributed by atoms with Crippen LogP contribution in [0.25, 0.3) is 0 Å². The molecule has 110 valence electrons. The van der Waals surface area contributed by atoms with E-state index in [0.29, 0.717) is 0 Å². The van der Waals surface area contributed by atoms with Crippen LogP contribution in [-0.2, 0) is 4.74 Å². The van der Waals surface area contributed by atoms with E-state index >= 15 is 0 Å². The zero-order valence-electron chi connectivity index (χ0n) is 12.1. The maximum atomic E-state index is 11.7. The number of amides is 1. The van der Waals surface area contributed by atoms with Crippen molar-refractivity contribution in [2.24, 2.45) is 0 Å². The fourth-order valence-corrected chi connectivity index (χ4v) is 2.58. The molecular weight excluding hydrogens is 278 g/mol. The van der Waals surface area contributed by atoms with Crippen LogP contribution in [0, 0.1) is 12.3 Å². The predicted molar refractivity (Wildman–Crippen MR) is 82.5 cm³/mol. The number of cyclic esters (lactones) is 1. The lowest BCUT2D eigenvalue weighted by Gasteiger charge is -2.18. The van der Waals surface area contributed by atoms with Gasteiger partial charge in [-0.2, -0.15) is 0 Å². The zero-order valence-corrected chi connectivity index (χ0v) is 12.1. The third-order valence-electron chi connectivity index (χ3n) is 3.64. The number of methoxy groups -OCH3 is 1. The Kier molecular flexibility index (Phi) is 3.71. The van der Waals surface area contributed by atoms with E-state index in [9.17, 15) is 4.79 Å². The standard InChI is InChI=1S/C18H15NO3/c1-3-12-6-4-7-13(10-12)16-17(22-18(20)19-16)14-8-5-9-15(11-14)21-2/h1,4-11,16-17H,2H3,(H,19,20). The van der Waals surface area contributed by atoms with Crippen molar-refractivity contribution in [3.63, 3.8) is 0 Å². The van der Waals surface area contributed by atoms with Crippen LogP contribution in [0.15, 0.2) is 48.5 Å². The highest BCUT2D eigenvalue weighted by Crippen LogP contribution is 2.37. The third-order valence-corrected chi connectivity index (χ3v) is 3.64. The zero-order chi connectivity index (χ0) is 15.5. The number of terminal acetylenes is 1. The van der Waals surface area contributed by atoms with Gasteiger partial charge in [0.25, 0.3) is 0 Å². The fourth-order valence-electron chi connectivity index (χ4n) is 2.58. The molecule has 2 unspecified atom stereocenters. The van der Waals surface area contributed by atoms with Crippen LogP contribution in [0.5, 0.6) is 5.75 Å². The summed E-state index contributed by atoms with van der Waals surface area (Å²) in [6, 6.07) is 14.7. The maximum Gasteiger partial charge on any atom is 0.408 e. The Hall–Kier alpha value is -2.93. The molecule has 0 aliphatic carbocycles. The summed E-state index contributed by atoms with van der Waals surface area (Å²) in [6.07, 6.45) is 4.58. The molecule has 3 rings (SSSR count). The Morgan fingerprint density at radius 3 is 2.73 bits per heavy atom. The minimum Gasteiger partial charge on any atom is -0.497 e. The number of ether oxygens (including phenoxy) is 2. The van der Waals surface area contributed by atoms with E-state index in [2.05, 4.69) is 11.2 Å². The van der Waals surface area contributed by atoms with Gasteiger partial charge in [0.15, 0.2) is 6.10 Å². The minimum absolute atomic E-state index is 0.284. The van der Waals surface area contributed by atoms with Gasteiger partial charge in [0, 0.05) is 5.56 Å². The summed E-state index contributed by atoms with van der Waals surface area (Å²) in [6.45, 7) is 0. The van der Waals surface area contributed by atoms with E-state index < -0.39 is 12.2 Å². The first-order valence-corrected chi connectivity index (χ1v) is 6.89. The maximum absolute atomic E-state index is 11.7. The van der Waals surface area contributed by atoms with Gasteiger partial charge < -0.3 is 14.8 Å². The number of nitrogens with one attached hydrogen (secondary N) is 1. The Bertz CT molecular complexity index is 748. The Morgan fingerprint density at radius 1 is 1.18 bits per heavy atom. The van der Waals surface area contributed by atoms with E-state index in [0.717, 1.165) is 22.4 Å². The number of carbonyl (C=O) groups excluding carboxylic acids is 1. The van der Waals surface area contributed by atoms with Gasteiger partial charge in [0.2, 0.25) is 0 Å². The molecule has 22 heavy (non-hydrogen) atoms. The van der Waals surface area contributed by atoms with Crippen molar-refractivity contribution in [1.29, 1.82) is 0 Å². The summed E-state index contributed by atoms with van der Waals surface area (Å²) in [5.41, 5.74) is 2.55. The van der Waals surface area contributed by atoms with Crippen LogP contribution in [-0.4, -0.2) is 13.2 Å². The quantitative estimate of drug-likeness (QED) is 0.884. The number of hydrogen-bond donors (Lipinski definition) is 1. The second-order valence-corrected chi connectivity index (χ2v) is 4.99. The number of alkyl carbamates (subject to hydrolysis) is 1. The molecular formula is C18H15NO3. The largest absolute Gasteiger partial charge is 0.497 e. The van der Waals surface area contributed by atoms with Crippen molar-refractivity contribution in [2.75, 3.05) is 7.11 Å². The lowest BCUT2D eigenvalue weighted by molar-refractivity contribution is 0.132. The van der Waals surface area contributed by atoms with Crippen LogP contribution < -0.4 is 10.1 Å². The summed E-state index contributed by atoms with van der Waals surface area (Å²) < 4.78 is 10.7. The van der Waals surface area contributed by atoms with E-state index in [1.54, 1.807) is 7.11 Å². The summed E-state index contributed by atoms with van der Waals surface area (Å²) in [7, 11) is 1.60. The Balaban J connectivity index is 1.98. The number of rotatable bonds is 3. The van der Waals surface area contributed by atoms with Gasteiger partial charge >= 0.3 is 6.09 Å². The fraction of sp³-hybridized carbons (Fsp3) is 0.167. The highest BCUT2D eigenvalue weighted by molar-refractivity contribution is 5.71. The van der Waals surface area contributed by atoms with Crippen LogP contribution in [0.1, 0.15) is 28.8 Å². The molecule has 2 aromatic carbocycles. The van der Waals surface area contributed by atoms with Crippen molar-refractivity contribution >= 4 is 6.09 Å². The highest BCUT2D eigenvalue weighted by Gasteiger charge is 2.36. The molecule has 1 saturated heterocycles. The molecule has 1 aliphatic rings. The number of carbonyl (C=O) groups is 1. The third kappa shape index (κ3) is 2.61. The normalized spacial score (nSPS) is 19.9. The first kappa shape index (κ1) is 14.0. The molecule has 1 heterocycles. The topological polar surface area (TPSA) is 47.6 Å². The molecule has 0 saturated carbocycles. The number of hydrogen-bond acceptors (Lipinski definition) is 3. The average molecular weight is 293 g/mol. The smallest absolute Gasteiger partial charge is 0.408 e. The van der Waals surface area contributed by atoms with E-state index in [4.69, 9.17) is 15.9 Å². The van der Waals surface area contributed by atoms with Crippen LogP contribution >= 0.6 is 0 Å². The lowest BCUT2D eigenvalue weighted by Crippen LogP contribution is -2.19. The average Bonchev–Trinajstić information content (AvgIpc) is 2.97. The van der Waals surface area contributed by atoms with Crippen molar-refractivity contribution in [1.82, 2.24) is 5.32 Å². The van der Waals surface area contributed by atoms with Crippen molar-refractivity contribution < 1.29 is 14.3 Å². The van der Waals surface area contributed by atoms with Crippen molar-refractivity contribution in [3.05, 3.63) is 65.2 Å². The summed E-state index contributed by atoms with van der Waals surface area (Å²) in [5.74, 6) is 3.32. The second kappa shape index (κ2) is 5.82. The summed E-state index contributed by atoms with van der Waals surface area (Å²) in [5, 5.41) is 2.84. The van der Waals surface area contributed by atoms with E-state index in [1.165, 1.54) is 0 Å². The molecule has 0 radical (unpaired) electrons. The van der Waals surface area contributed by atoms with Gasteiger partial charge in [-0.3, -0.25) is 0 Å². The van der Waals surface area contributed by atoms with E-state index in [-0.39, 0.29) is 6.04 Å². The van der Waals surface area contributed by atoms with Crippen LogP contribution in [0.3, 0.4) is 0 Å². The van der Waals surface area contributed by atoms with Crippen LogP contribution in [0.2, 0.25) is 0 Å². The lowest BCUT2D eigenvalue weighted by atomic mass is 9.95. The molecule has 2 atom stereocenters. The molecule has 1 fully saturated rings. The monoisotopic (exact) mass is 293 g/mol. The van der Waals surface area contributed by atoms with Gasteiger partial charge in [-0.05, 0) is 35.4 Å². The van der Waals surface area contributed by atoms with Gasteiger partial charge in [-0.1, -0.05) is 30.2 Å². The van der Waals surface area contributed by atoms with Gasteiger partial charge in [0.1, 0.15) is 5.75 Å². The molecule has 1 amide bonds. The molecule has 1 N–H and O–H groups in total. The van der Waals surface area contributed by atoms with Crippen molar-refractivity contribution in [2.45, 2.75) is 12.1 Å². The molecule has 0 bridgehead atoms. The van der Waals surface area contributed by atoms with Crippen LogP contribution in [0.4, 0.5) is 4.79 Å². The second-order valence-electron chi connectivity index (χ2n) is 4.99. The van der Waals surface area contributed by atoms with Gasteiger partial charge in [0.05, 0.1) is 13.2 Å². The summed E-state index contributed by atoms with van der Waals surface area (Å²) >= 11 is 0.